The van der Waals surface area contributed by atoms with Gasteiger partial charge in [-0.15, -0.1) is 11.6 Å². The van der Waals surface area contributed by atoms with E-state index >= 15 is 0 Å². The molecular formula is C13H16ClF2NO. The number of rotatable bonds is 5. The van der Waals surface area contributed by atoms with Gasteiger partial charge in [0, 0.05) is 11.4 Å². The molecule has 0 radical (unpaired) electrons. The van der Waals surface area contributed by atoms with Gasteiger partial charge in [0.05, 0.1) is 12.0 Å². The molecule has 0 aromatic heterocycles. The van der Waals surface area contributed by atoms with Gasteiger partial charge in [-0.3, -0.25) is 4.79 Å². The molecule has 1 atom stereocenters. The van der Waals surface area contributed by atoms with Crippen LogP contribution in [0.3, 0.4) is 0 Å². The number of nitrogens with one attached hydrogen (secondary N) is 1. The number of hydrogen-bond acceptors (Lipinski definition) is 1. The van der Waals surface area contributed by atoms with Crippen LogP contribution in [0.1, 0.15) is 25.8 Å². The molecule has 1 N–H and O–H groups in total. The predicted octanol–water partition coefficient (Wildman–Crippen LogP) is 3.03. The Hall–Kier alpha value is -1.16. The lowest BCUT2D eigenvalue weighted by atomic mass is 10.0. The number of carbonyl (C=O) groups excluding carboxylic acids is 1. The molecular weight excluding hydrogens is 260 g/mol. The summed E-state index contributed by atoms with van der Waals surface area (Å²) in [6.07, 6.45) is 0.462. The molecule has 0 aliphatic rings. The van der Waals surface area contributed by atoms with E-state index in [-0.39, 0.29) is 23.8 Å². The molecule has 0 aliphatic carbocycles. The fraction of sp³-hybridized carbons (Fsp3) is 0.462. The third kappa shape index (κ3) is 3.67. The Morgan fingerprint density at radius 1 is 1.44 bits per heavy atom. The highest BCUT2D eigenvalue weighted by atomic mass is 35.5. The average Bonchev–Trinajstić information content (AvgIpc) is 2.34. The Bertz CT molecular complexity index is 433. The van der Waals surface area contributed by atoms with Gasteiger partial charge in [-0.25, -0.2) is 8.78 Å². The van der Waals surface area contributed by atoms with Crippen LogP contribution in [0.15, 0.2) is 18.2 Å². The first-order valence-corrected chi connectivity index (χ1v) is 6.25. The highest BCUT2D eigenvalue weighted by molar-refractivity contribution is 6.18. The maximum Gasteiger partial charge on any atom is 0.224 e. The van der Waals surface area contributed by atoms with Crippen molar-refractivity contribution in [2.45, 2.75) is 32.2 Å². The average molecular weight is 276 g/mol. The first-order chi connectivity index (χ1) is 8.41. The van der Waals surface area contributed by atoms with E-state index in [1.54, 1.807) is 6.92 Å². The molecule has 0 aliphatic heterocycles. The molecule has 0 saturated heterocycles. The van der Waals surface area contributed by atoms with Crippen LogP contribution in [-0.2, 0) is 11.2 Å². The van der Waals surface area contributed by atoms with Crippen molar-refractivity contribution in [3.05, 3.63) is 35.4 Å². The van der Waals surface area contributed by atoms with E-state index in [0.29, 0.717) is 6.42 Å². The Labute approximate surface area is 110 Å². The van der Waals surface area contributed by atoms with Crippen molar-refractivity contribution in [2.24, 2.45) is 0 Å². The Morgan fingerprint density at radius 3 is 2.67 bits per heavy atom. The van der Waals surface area contributed by atoms with Gasteiger partial charge in [-0.05, 0) is 19.4 Å². The molecule has 0 fully saturated rings. The smallest absolute Gasteiger partial charge is 0.224 e. The Balaban J connectivity index is 2.74. The minimum absolute atomic E-state index is 0.0422. The molecule has 1 amide bonds. The van der Waals surface area contributed by atoms with Crippen molar-refractivity contribution in [3.63, 3.8) is 0 Å². The first kappa shape index (κ1) is 14.9. The second-order valence-electron chi connectivity index (χ2n) is 4.49. The number of hydrogen-bond donors (Lipinski definition) is 1. The zero-order valence-corrected chi connectivity index (χ0v) is 11.2. The lowest BCUT2D eigenvalue weighted by Crippen LogP contribution is -2.47. The fourth-order valence-electron chi connectivity index (χ4n) is 1.46. The zero-order chi connectivity index (χ0) is 13.8. The molecule has 0 saturated carbocycles. The van der Waals surface area contributed by atoms with Gasteiger partial charge in [0.2, 0.25) is 5.91 Å². The number of carbonyl (C=O) groups is 1. The van der Waals surface area contributed by atoms with Gasteiger partial charge < -0.3 is 5.32 Å². The highest BCUT2D eigenvalue weighted by Crippen LogP contribution is 2.14. The third-order valence-electron chi connectivity index (χ3n) is 2.90. The van der Waals surface area contributed by atoms with Crippen LogP contribution in [0.25, 0.3) is 0 Å². The first-order valence-electron chi connectivity index (χ1n) is 5.71. The maximum absolute atomic E-state index is 13.4. The van der Waals surface area contributed by atoms with E-state index in [2.05, 4.69) is 5.32 Å². The second-order valence-corrected chi connectivity index (χ2v) is 4.75. The van der Waals surface area contributed by atoms with E-state index in [1.165, 1.54) is 12.1 Å². The van der Waals surface area contributed by atoms with Crippen LogP contribution in [0.2, 0.25) is 0 Å². The van der Waals surface area contributed by atoms with Gasteiger partial charge in [0.15, 0.2) is 11.6 Å². The second kappa shape index (κ2) is 6.14. The summed E-state index contributed by atoms with van der Waals surface area (Å²) in [5.41, 5.74) is -0.483. The van der Waals surface area contributed by atoms with E-state index < -0.39 is 17.2 Å². The van der Waals surface area contributed by atoms with Crippen LogP contribution in [0.4, 0.5) is 8.78 Å². The van der Waals surface area contributed by atoms with Gasteiger partial charge in [-0.2, -0.15) is 0 Å². The molecule has 0 spiro atoms. The summed E-state index contributed by atoms with van der Waals surface area (Å²) in [7, 11) is 0. The molecule has 5 heteroatoms. The van der Waals surface area contributed by atoms with Crippen molar-refractivity contribution in [3.8, 4) is 0 Å². The summed E-state index contributed by atoms with van der Waals surface area (Å²) in [5, 5.41) is 2.73. The highest BCUT2D eigenvalue weighted by Gasteiger charge is 2.23. The van der Waals surface area contributed by atoms with E-state index in [0.717, 1.165) is 6.07 Å². The maximum atomic E-state index is 13.4. The van der Waals surface area contributed by atoms with Crippen LogP contribution >= 0.6 is 11.6 Å². The predicted molar refractivity (Wildman–Crippen MR) is 67.6 cm³/mol. The fourth-order valence-corrected chi connectivity index (χ4v) is 1.71. The van der Waals surface area contributed by atoms with Gasteiger partial charge in [-0.1, -0.05) is 19.1 Å². The monoisotopic (exact) mass is 275 g/mol. The molecule has 2 nitrogen and oxygen atoms in total. The van der Waals surface area contributed by atoms with Crippen LogP contribution in [0.5, 0.6) is 0 Å². The summed E-state index contributed by atoms with van der Waals surface area (Å²) in [5.74, 6) is -2.03. The molecule has 1 aromatic carbocycles. The Kier molecular flexibility index (Phi) is 5.08. The van der Waals surface area contributed by atoms with Crippen molar-refractivity contribution in [2.75, 3.05) is 5.88 Å². The van der Waals surface area contributed by atoms with Crippen molar-refractivity contribution >= 4 is 17.5 Å². The normalized spacial score (nSPS) is 14.1. The van der Waals surface area contributed by atoms with Gasteiger partial charge >= 0.3 is 0 Å². The third-order valence-corrected chi connectivity index (χ3v) is 3.49. The largest absolute Gasteiger partial charge is 0.349 e. The van der Waals surface area contributed by atoms with Crippen LogP contribution < -0.4 is 5.32 Å². The number of amides is 1. The Morgan fingerprint density at radius 2 is 2.11 bits per heavy atom. The van der Waals surface area contributed by atoms with Crippen molar-refractivity contribution in [1.29, 1.82) is 0 Å². The molecule has 1 rings (SSSR count). The minimum atomic E-state index is -0.975. The van der Waals surface area contributed by atoms with Gasteiger partial charge in [0.1, 0.15) is 0 Å². The van der Waals surface area contributed by atoms with Crippen LogP contribution in [0, 0.1) is 11.6 Å². The summed E-state index contributed by atoms with van der Waals surface area (Å²) in [6.45, 7) is 3.70. The quantitative estimate of drug-likeness (QED) is 0.823. The lowest BCUT2D eigenvalue weighted by Gasteiger charge is -2.27. The molecule has 1 unspecified atom stereocenters. The van der Waals surface area contributed by atoms with Crippen molar-refractivity contribution < 1.29 is 13.6 Å². The van der Waals surface area contributed by atoms with E-state index in [1.807, 2.05) is 6.92 Å². The van der Waals surface area contributed by atoms with E-state index in [9.17, 15) is 13.6 Å². The molecule has 1 aromatic rings. The summed E-state index contributed by atoms with van der Waals surface area (Å²) < 4.78 is 26.3. The van der Waals surface area contributed by atoms with Gasteiger partial charge in [0.25, 0.3) is 0 Å². The lowest BCUT2D eigenvalue weighted by molar-refractivity contribution is -0.122. The topological polar surface area (TPSA) is 29.1 Å². The number of benzene rings is 1. The summed E-state index contributed by atoms with van der Waals surface area (Å²) >= 11 is 5.76. The SMILES string of the molecule is CCC(C)(CCl)NC(=O)Cc1cccc(F)c1F. The van der Waals surface area contributed by atoms with E-state index in [4.69, 9.17) is 11.6 Å². The molecule has 0 bridgehead atoms. The standard InChI is InChI=1S/C13H16ClF2NO/c1-3-13(2,8-14)17-11(18)7-9-5-4-6-10(15)12(9)16/h4-6H,3,7-8H2,1-2H3,(H,17,18). The molecule has 0 heterocycles. The molecule has 18 heavy (non-hydrogen) atoms. The minimum Gasteiger partial charge on any atom is -0.349 e. The van der Waals surface area contributed by atoms with Crippen LogP contribution in [-0.4, -0.2) is 17.3 Å². The summed E-state index contributed by atoms with van der Waals surface area (Å²) in [4.78, 5) is 11.8. The number of halogens is 3. The number of alkyl halides is 1. The van der Waals surface area contributed by atoms with Crippen molar-refractivity contribution in [1.82, 2.24) is 5.32 Å². The molecule has 100 valence electrons. The summed E-state index contributed by atoms with van der Waals surface area (Å²) in [6, 6.07) is 3.79. The zero-order valence-electron chi connectivity index (χ0n) is 10.4.